The second-order valence-corrected chi connectivity index (χ2v) is 5.40. The van der Waals surface area contributed by atoms with Crippen LogP contribution >= 0.6 is 0 Å². The number of nitrogens with zero attached hydrogens (tertiary/aromatic N) is 1. The zero-order valence-corrected chi connectivity index (χ0v) is 11.2. The van der Waals surface area contributed by atoms with E-state index in [9.17, 15) is 14.9 Å². The van der Waals surface area contributed by atoms with E-state index in [1.54, 1.807) is 0 Å². The molecular formula is C13H17NO5. The Kier molecular flexibility index (Phi) is 4.47. The van der Waals surface area contributed by atoms with Gasteiger partial charge in [-0.05, 0) is 17.9 Å². The van der Waals surface area contributed by atoms with Crippen LogP contribution in [0.15, 0.2) is 18.2 Å². The van der Waals surface area contributed by atoms with Gasteiger partial charge in [-0.1, -0.05) is 20.8 Å². The summed E-state index contributed by atoms with van der Waals surface area (Å²) in [6.45, 7) is 6.50. The Hall–Kier alpha value is -2.11. The fourth-order valence-corrected chi connectivity index (χ4v) is 1.39. The van der Waals surface area contributed by atoms with E-state index in [1.807, 2.05) is 20.8 Å². The van der Waals surface area contributed by atoms with E-state index in [0.717, 1.165) is 12.5 Å². The van der Waals surface area contributed by atoms with Crippen molar-refractivity contribution in [3.63, 3.8) is 0 Å². The first-order valence-corrected chi connectivity index (χ1v) is 5.85. The lowest BCUT2D eigenvalue weighted by atomic mass is 9.93. The van der Waals surface area contributed by atoms with E-state index in [-0.39, 0.29) is 22.4 Å². The van der Waals surface area contributed by atoms with Gasteiger partial charge >= 0.3 is 5.97 Å². The normalized spacial score (nSPS) is 11.1. The topological polar surface area (TPSA) is 89.7 Å². The van der Waals surface area contributed by atoms with Crippen molar-refractivity contribution in [3.05, 3.63) is 33.9 Å². The van der Waals surface area contributed by atoms with Crippen LogP contribution in [-0.4, -0.2) is 22.6 Å². The highest BCUT2D eigenvalue weighted by Crippen LogP contribution is 2.25. The average molecular weight is 267 g/mol. The van der Waals surface area contributed by atoms with Gasteiger partial charge in [0.2, 0.25) is 0 Å². The van der Waals surface area contributed by atoms with Crippen molar-refractivity contribution in [2.45, 2.75) is 27.2 Å². The van der Waals surface area contributed by atoms with E-state index in [4.69, 9.17) is 9.84 Å². The van der Waals surface area contributed by atoms with Crippen molar-refractivity contribution in [1.29, 1.82) is 0 Å². The summed E-state index contributed by atoms with van der Waals surface area (Å²) in [7, 11) is 0. The zero-order valence-electron chi connectivity index (χ0n) is 11.2. The molecule has 1 aromatic rings. The fourth-order valence-electron chi connectivity index (χ4n) is 1.39. The van der Waals surface area contributed by atoms with Crippen molar-refractivity contribution >= 4 is 11.7 Å². The molecule has 0 fully saturated rings. The van der Waals surface area contributed by atoms with Crippen LogP contribution < -0.4 is 4.74 Å². The van der Waals surface area contributed by atoms with Crippen molar-refractivity contribution in [1.82, 2.24) is 0 Å². The van der Waals surface area contributed by atoms with E-state index in [2.05, 4.69) is 0 Å². The highest BCUT2D eigenvalue weighted by Gasteiger charge is 2.18. The molecule has 0 radical (unpaired) electrons. The first-order chi connectivity index (χ1) is 8.70. The number of hydrogen-bond acceptors (Lipinski definition) is 4. The summed E-state index contributed by atoms with van der Waals surface area (Å²) < 4.78 is 5.41. The Morgan fingerprint density at radius 2 is 2.05 bits per heavy atom. The molecule has 0 aliphatic rings. The average Bonchev–Trinajstić information content (AvgIpc) is 2.27. The first-order valence-electron chi connectivity index (χ1n) is 5.85. The number of benzene rings is 1. The van der Waals surface area contributed by atoms with E-state index in [1.165, 1.54) is 12.1 Å². The maximum Gasteiger partial charge on any atom is 0.339 e. The molecule has 0 bridgehead atoms. The minimum absolute atomic E-state index is 0.0736. The summed E-state index contributed by atoms with van der Waals surface area (Å²) in [5, 5.41) is 19.6. The van der Waals surface area contributed by atoms with Gasteiger partial charge < -0.3 is 9.84 Å². The molecule has 0 aliphatic carbocycles. The SMILES string of the molecule is CC(C)(C)CCOc1ccc([N+](=O)[O-])cc1C(=O)O. The number of nitro benzene ring substituents is 1. The Labute approximate surface area is 111 Å². The molecule has 0 saturated heterocycles. The van der Waals surface area contributed by atoms with Crippen LogP contribution in [0.1, 0.15) is 37.6 Å². The summed E-state index contributed by atoms with van der Waals surface area (Å²) >= 11 is 0. The van der Waals surface area contributed by atoms with Gasteiger partial charge in [0.25, 0.3) is 5.69 Å². The van der Waals surface area contributed by atoms with Crippen molar-refractivity contribution in [2.75, 3.05) is 6.61 Å². The Bertz CT molecular complexity index is 490. The third-order valence-corrected chi connectivity index (χ3v) is 2.51. The van der Waals surface area contributed by atoms with Crippen LogP contribution in [0.25, 0.3) is 0 Å². The van der Waals surface area contributed by atoms with Crippen LogP contribution in [-0.2, 0) is 0 Å². The highest BCUT2D eigenvalue weighted by molar-refractivity contribution is 5.91. The van der Waals surface area contributed by atoms with Crippen LogP contribution in [0.2, 0.25) is 0 Å². The summed E-state index contributed by atoms with van der Waals surface area (Å²) in [4.78, 5) is 21.0. The Morgan fingerprint density at radius 3 is 2.53 bits per heavy atom. The molecule has 0 saturated carbocycles. The molecule has 6 heteroatoms. The Morgan fingerprint density at radius 1 is 1.42 bits per heavy atom. The highest BCUT2D eigenvalue weighted by atomic mass is 16.6. The van der Waals surface area contributed by atoms with Crippen LogP contribution in [0.4, 0.5) is 5.69 Å². The van der Waals surface area contributed by atoms with E-state index < -0.39 is 10.9 Å². The van der Waals surface area contributed by atoms with Gasteiger partial charge in [-0.25, -0.2) is 4.79 Å². The molecule has 104 valence electrons. The third-order valence-electron chi connectivity index (χ3n) is 2.51. The van der Waals surface area contributed by atoms with Gasteiger partial charge in [0.1, 0.15) is 11.3 Å². The number of non-ortho nitro benzene ring substituents is 1. The lowest BCUT2D eigenvalue weighted by molar-refractivity contribution is -0.384. The molecule has 0 aromatic heterocycles. The minimum atomic E-state index is -1.24. The standard InChI is InChI=1S/C13H17NO5/c1-13(2,3)6-7-19-11-5-4-9(14(17)18)8-10(11)12(15)16/h4-5,8H,6-7H2,1-3H3,(H,15,16). The van der Waals surface area contributed by atoms with Crippen LogP contribution in [0.5, 0.6) is 5.75 Å². The largest absolute Gasteiger partial charge is 0.493 e. The second kappa shape index (κ2) is 5.69. The molecule has 0 aliphatic heterocycles. The van der Waals surface area contributed by atoms with Crippen molar-refractivity contribution < 1.29 is 19.6 Å². The summed E-state index contributed by atoms with van der Waals surface area (Å²) in [5.41, 5.74) is -0.381. The quantitative estimate of drug-likeness (QED) is 0.654. The van der Waals surface area contributed by atoms with Gasteiger partial charge in [0.15, 0.2) is 0 Å². The number of ether oxygens (including phenoxy) is 1. The number of carboxylic acids is 1. The zero-order chi connectivity index (χ0) is 14.6. The predicted molar refractivity (Wildman–Crippen MR) is 69.6 cm³/mol. The number of aromatic carboxylic acids is 1. The number of carbonyl (C=O) groups is 1. The number of nitro groups is 1. The monoisotopic (exact) mass is 267 g/mol. The number of rotatable bonds is 5. The van der Waals surface area contributed by atoms with Crippen molar-refractivity contribution in [3.8, 4) is 5.75 Å². The molecule has 19 heavy (non-hydrogen) atoms. The lowest BCUT2D eigenvalue weighted by Crippen LogP contribution is -2.12. The van der Waals surface area contributed by atoms with Gasteiger partial charge in [-0.3, -0.25) is 10.1 Å². The first kappa shape index (κ1) is 14.9. The maximum atomic E-state index is 11.1. The van der Waals surface area contributed by atoms with Gasteiger partial charge in [-0.15, -0.1) is 0 Å². The van der Waals surface area contributed by atoms with Crippen molar-refractivity contribution in [2.24, 2.45) is 5.41 Å². The summed E-state index contributed by atoms with van der Waals surface area (Å²) in [5.74, 6) is -1.09. The van der Waals surface area contributed by atoms with Gasteiger partial charge in [0, 0.05) is 12.1 Å². The molecule has 1 aromatic carbocycles. The summed E-state index contributed by atoms with van der Waals surface area (Å²) in [6, 6.07) is 3.57. The van der Waals surface area contributed by atoms with E-state index >= 15 is 0 Å². The third kappa shape index (κ3) is 4.57. The molecule has 0 unspecified atom stereocenters. The molecule has 0 heterocycles. The maximum absolute atomic E-state index is 11.1. The van der Waals surface area contributed by atoms with Gasteiger partial charge in [0.05, 0.1) is 11.5 Å². The molecule has 1 N–H and O–H groups in total. The minimum Gasteiger partial charge on any atom is -0.493 e. The van der Waals surface area contributed by atoms with Crippen LogP contribution in [0, 0.1) is 15.5 Å². The Balaban J connectivity index is 2.89. The van der Waals surface area contributed by atoms with Gasteiger partial charge in [-0.2, -0.15) is 0 Å². The van der Waals surface area contributed by atoms with E-state index in [0.29, 0.717) is 6.61 Å². The molecule has 0 amide bonds. The number of carboxylic acid groups (broad SMARTS) is 1. The molecule has 1 rings (SSSR count). The smallest absolute Gasteiger partial charge is 0.339 e. The molecule has 0 atom stereocenters. The van der Waals surface area contributed by atoms with Crippen LogP contribution in [0.3, 0.4) is 0 Å². The molecule has 6 nitrogen and oxygen atoms in total. The fraction of sp³-hybridized carbons (Fsp3) is 0.462. The number of hydrogen-bond donors (Lipinski definition) is 1. The molecular weight excluding hydrogens is 250 g/mol. The molecule has 0 spiro atoms. The predicted octanol–water partition coefficient (Wildman–Crippen LogP) is 3.11. The second-order valence-electron chi connectivity index (χ2n) is 5.40. The summed E-state index contributed by atoms with van der Waals surface area (Å²) in [6.07, 6.45) is 0.753. The lowest BCUT2D eigenvalue weighted by Gasteiger charge is -2.18.